The van der Waals surface area contributed by atoms with Crippen LogP contribution in [0.1, 0.15) is 56.4 Å². The first kappa shape index (κ1) is 24.8. The molecule has 6 nitrogen and oxygen atoms in total. The lowest BCUT2D eigenvalue weighted by Gasteiger charge is -2.40. The largest absolute Gasteiger partial charge is 0.573 e. The van der Waals surface area contributed by atoms with Crippen molar-refractivity contribution in [2.75, 3.05) is 12.4 Å². The standard InChI is InChI=1S/C25H27F4N3O3/c1-14-9-16(13-24(2,3)12-14)32-21-11-19(26)18(22(33)34-4)10-20(21)31-23(32)30-15-5-7-17(8-6-15)35-25(27,28)29/h5-8,10-11,14,16H,9,12-13H2,1-4H3,(H,30,31)/t14-,16+/m1/s1. The number of fused-ring (bicyclic) bond motifs is 1. The Kier molecular flexibility index (Phi) is 6.42. The van der Waals surface area contributed by atoms with Crippen LogP contribution in [-0.4, -0.2) is 29.0 Å². The quantitative estimate of drug-likeness (QED) is 0.307. The summed E-state index contributed by atoms with van der Waals surface area (Å²) in [4.78, 5) is 16.6. The summed E-state index contributed by atoms with van der Waals surface area (Å²) in [5, 5.41) is 3.15. The molecule has 35 heavy (non-hydrogen) atoms. The molecule has 188 valence electrons. The summed E-state index contributed by atoms with van der Waals surface area (Å²) >= 11 is 0. The number of carbonyl (C=O) groups excluding carboxylic acids is 1. The highest BCUT2D eigenvalue weighted by Crippen LogP contribution is 2.46. The predicted octanol–water partition coefficient (Wildman–Crippen LogP) is 6.99. The maximum Gasteiger partial charge on any atom is 0.573 e. The van der Waals surface area contributed by atoms with Gasteiger partial charge in [-0.3, -0.25) is 0 Å². The number of carbonyl (C=O) groups is 1. The summed E-state index contributed by atoms with van der Waals surface area (Å²) in [5.74, 6) is -1.04. The minimum atomic E-state index is -4.78. The number of halogens is 4. The predicted molar refractivity (Wildman–Crippen MR) is 123 cm³/mol. The van der Waals surface area contributed by atoms with E-state index < -0.39 is 18.1 Å². The zero-order valence-corrected chi connectivity index (χ0v) is 19.9. The molecule has 0 radical (unpaired) electrons. The first-order valence-corrected chi connectivity index (χ1v) is 11.3. The Labute approximate surface area is 200 Å². The lowest BCUT2D eigenvalue weighted by Crippen LogP contribution is -2.29. The summed E-state index contributed by atoms with van der Waals surface area (Å²) in [5.41, 5.74) is 1.24. The summed E-state index contributed by atoms with van der Waals surface area (Å²) in [6.07, 6.45) is -2.05. The molecule has 0 amide bonds. The second kappa shape index (κ2) is 9.05. The number of esters is 1. The number of aromatic nitrogens is 2. The third-order valence-electron chi connectivity index (χ3n) is 6.26. The van der Waals surface area contributed by atoms with Gasteiger partial charge in [0, 0.05) is 17.8 Å². The second-order valence-corrected chi connectivity index (χ2v) is 9.88. The van der Waals surface area contributed by atoms with E-state index in [1.165, 1.54) is 43.5 Å². The first-order valence-electron chi connectivity index (χ1n) is 11.3. The molecule has 10 heteroatoms. The normalized spacial score (nSPS) is 20.0. The van der Waals surface area contributed by atoms with Crippen molar-refractivity contribution < 1.29 is 31.8 Å². The molecule has 1 aliphatic rings. The molecule has 0 saturated heterocycles. The smallest absolute Gasteiger partial charge is 0.465 e. The van der Waals surface area contributed by atoms with Crippen molar-refractivity contribution in [3.8, 4) is 5.75 Å². The van der Waals surface area contributed by atoms with Crippen LogP contribution in [0.4, 0.5) is 29.2 Å². The van der Waals surface area contributed by atoms with Crippen LogP contribution in [0.3, 0.4) is 0 Å². The fourth-order valence-electron chi connectivity index (χ4n) is 5.20. The number of nitrogens with one attached hydrogen (secondary N) is 1. The molecular weight excluding hydrogens is 466 g/mol. The van der Waals surface area contributed by atoms with Gasteiger partial charge in [-0.05, 0) is 60.9 Å². The average Bonchev–Trinajstić information content (AvgIpc) is 3.08. The van der Waals surface area contributed by atoms with E-state index in [9.17, 15) is 22.4 Å². The Balaban J connectivity index is 1.77. The molecule has 3 aromatic rings. The van der Waals surface area contributed by atoms with Crippen molar-refractivity contribution in [2.24, 2.45) is 11.3 Å². The van der Waals surface area contributed by atoms with Crippen molar-refractivity contribution in [3.05, 3.63) is 47.8 Å². The van der Waals surface area contributed by atoms with E-state index in [4.69, 9.17) is 0 Å². The van der Waals surface area contributed by atoms with E-state index in [0.29, 0.717) is 28.6 Å². The lowest BCUT2D eigenvalue weighted by molar-refractivity contribution is -0.274. The van der Waals surface area contributed by atoms with Crippen LogP contribution in [0.5, 0.6) is 5.75 Å². The molecule has 1 heterocycles. The van der Waals surface area contributed by atoms with Gasteiger partial charge in [0.1, 0.15) is 11.6 Å². The number of hydrogen-bond donors (Lipinski definition) is 1. The number of ether oxygens (including phenoxy) is 2. The van der Waals surface area contributed by atoms with Crippen LogP contribution in [0, 0.1) is 17.2 Å². The lowest BCUT2D eigenvalue weighted by atomic mass is 9.70. The highest BCUT2D eigenvalue weighted by molar-refractivity contribution is 5.94. The monoisotopic (exact) mass is 493 g/mol. The van der Waals surface area contributed by atoms with Gasteiger partial charge >= 0.3 is 12.3 Å². The van der Waals surface area contributed by atoms with Gasteiger partial charge in [-0.15, -0.1) is 13.2 Å². The number of hydrogen-bond acceptors (Lipinski definition) is 5. The number of methoxy groups -OCH3 is 1. The number of alkyl halides is 3. The van der Waals surface area contributed by atoms with Crippen LogP contribution in [0.15, 0.2) is 36.4 Å². The zero-order chi connectivity index (χ0) is 25.5. The average molecular weight is 494 g/mol. The van der Waals surface area contributed by atoms with Crippen LogP contribution < -0.4 is 10.1 Å². The van der Waals surface area contributed by atoms with E-state index in [0.717, 1.165) is 19.3 Å². The van der Waals surface area contributed by atoms with Crippen LogP contribution in [0.25, 0.3) is 11.0 Å². The third kappa shape index (κ3) is 5.52. The Hall–Kier alpha value is -3.30. The van der Waals surface area contributed by atoms with Gasteiger partial charge in [-0.1, -0.05) is 20.8 Å². The van der Waals surface area contributed by atoms with Gasteiger partial charge in [-0.25, -0.2) is 14.2 Å². The Morgan fingerprint density at radius 3 is 2.46 bits per heavy atom. The molecule has 2 atom stereocenters. The Morgan fingerprint density at radius 1 is 1.17 bits per heavy atom. The highest BCUT2D eigenvalue weighted by atomic mass is 19.4. The number of benzene rings is 2. The fourth-order valence-corrected chi connectivity index (χ4v) is 5.20. The topological polar surface area (TPSA) is 65.4 Å². The van der Waals surface area contributed by atoms with Crippen molar-refractivity contribution in [1.82, 2.24) is 9.55 Å². The van der Waals surface area contributed by atoms with Crippen LogP contribution in [-0.2, 0) is 4.74 Å². The second-order valence-electron chi connectivity index (χ2n) is 9.88. The number of anilines is 2. The van der Waals surface area contributed by atoms with E-state index in [1.807, 2.05) is 4.57 Å². The molecule has 1 aromatic heterocycles. The summed E-state index contributed by atoms with van der Waals surface area (Å²) in [6, 6.07) is 7.92. The fraction of sp³-hybridized carbons (Fsp3) is 0.440. The third-order valence-corrected chi connectivity index (χ3v) is 6.26. The number of rotatable bonds is 5. The molecule has 2 aromatic carbocycles. The number of imidazole rings is 1. The Bertz CT molecular complexity index is 1240. The molecule has 4 rings (SSSR count). The van der Waals surface area contributed by atoms with Gasteiger partial charge in [-0.2, -0.15) is 0 Å². The Morgan fingerprint density at radius 2 is 1.86 bits per heavy atom. The molecule has 0 spiro atoms. The molecule has 1 fully saturated rings. The van der Waals surface area contributed by atoms with Gasteiger partial charge in [0.2, 0.25) is 5.95 Å². The zero-order valence-electron chi connectivity index (χ0n) is 19.9. The molecule has 1 aliphatic carbocycles. The highest BCUT2D eigenvalue weighted by Gasteiger charge is 2.35. The van der Waals surface area contributed by atoms with Crippen molar-refractivity contribution in [3.63, 3.8) is 0 Å². The number of nitrogens with zero attached hydrogens (tertiary/aromatic N) is 2. The van der Waals surface area contributed by atoms with E-state index >= 15 is 0 Å². The van der Waals surface area contributed by atoms with Gasteiger partial charge in [0.05, 0.1) is 23.7 Å². The molecule has 0 aliphatic heterocycles. The minimum Gasteiger partial charge on any atom is -0.465 e. The minimum absolute atomic E-state index is 0.00235. The van der Waals surface area contributed by atoms with Gasteiger partial charge in [0.25, 0.3) is 0 Å². The van der Waals surface area contributed by atoms with Gasteiger partial charge < -0.3 is 19.4 Å². The maximum absolute atomic E-state index is 14.9. The molecule has 1 N–H and O–H groups in total. The SMILES string of the molecule is COC(=O)c1cc2nc(Nc3ccc(OC(F)(F)F)cc3)n([C@H]3C[C@@H](C)CC(C)(C)C3)c2cc1F. The molecule has 0 unspecified atom stereocenters. The molecule has 0 bridgehead atoms. The van der Waals surface area contributed by atoms with Crippen molar-refractivity contribution in [2.45, 2.75) is 52.4 Å². The van der Waals surface area contributed by atoms with Crippen molar-refractivity contribution >= 4 is 28.6 Å². The van der Waals surface area contributed by atoms with E-state index in [1.54, 1.807) is 0 Å². The van der Waals surface area contributed by atoms with Gasteiger partial charge in [0.15, 0.2) is 0 Å². The van der Waals surface area contributed by atoms with Crippen LogP contribution in [0.2, 0.25) is 0 Å². The first-order chi connectivity index (χ1) is 16.3. The van der Waals surface area contributed by atoms with E-state index in [2.05, 4.69) is 40.5 Å². The summed E-state index contributed by atoms with van der Waals surface area (Å²) in [7, 11) is 1.18. The van der Waals surface area contributed by atoms with Crippen molar-refractivity contribution in [1.29, 1.82) is 0 Å². The van der Waals surface area contributed by atoms with Crippen LogP contribution >= 0.6 is 0 Å². The summed E-state index contributed by atoms with van der Waals surface area (Å²) < 4.78 is 62.9. The molecular formula is C25H27F4N3O3. The van der Waals surface area contributed by atoms with E-state index in [-0.39, 0.29) is 22.8 Å². The molecule has 1 saturated carbocycles. The maximum atomic E-state index is 14.9. The summed E-state index contributed by atoms with van der Waals surface area (Å²) in [6.45, 7) is 6.56.